The van der Waals surface area contributed by atoms with Crippen molar-refractivity contribution in [3.63, 3.8) is 0 Å². The summed E-state index contributed by atoms with van der Waals surface area (Å²) in [7, 11) is 0. The van der Waals surface area contributed by atoms with Crippen LogP contribution in [0.25, 0.3) is 0 Å². The van der Waals surface area contributed by atoms with E-state index in [4.69, 9.17) is 4.52 Å². The molecule has 1 saturated heterocycles. The fourth-order valence-corrected chi connectivity index (χ4v) is 3.24. The second-order valence-electron chi connectivity index (χ2n) is 7.75. The second kappa shape index (κ2) is 6.71. The smallest absolute Gasteiger partial charge is 0.233 e. The van der Waals surface area contributed by atoms with Gasteiger partial charge in [0.1, 0.15) is 11.6 Å². The third kappa shape index (κ3) is 4.12. The van der Waals surface area contributed by atoms with E-state index in [0.29, 0.717) is 18.0 Å². The van der Waals surface area contributed by atoms with Crippen LogP contribution in [0.4, 0.5) is 11.6 Å². The van der Waals surface area contributed by atoms with Crippen LogP contribution in [0.1, 0.15) is 44.1 Å². The minimum Gasteiger partial charge on any atom is -0.361 e. The Kier molecular flexibility index (Phi) is 4.37. The van der Waals surface area contributed by atoms with Crippen molar-refractivity contribution in [1.82, 2.24) is 20.7 Å². The fraction of sp³-hybridized carbons (Fsp3) is 0.556. The van der Waals surface area contributed by atoms with Crippen LogP contribution in [0, 0.1) is 6.92 Å². The largest absolute Gasteiger partial charge is 0.361 e. The third-order valence-electron chi connectivity index (χ3n) is 5.15. The topological polar surface area (TPSA) is 116 Å². The van der Waals surface area contributed by atoms with Crippen molar-refractivity contribution in [2.45, 2.75) is 57.5 Å². The van der Waals surface area contributed by atoms with E-state index in [1.165, 1.54) is 0 Å². The van der Waals surface area contributed by atoms with Gasteiger partial charge in [-0.05, 0) is 33.1 Å². The molecule has 3 heterocycles. The number of carbonyl (C=O) groups is 2. The summed E-state index contributed by atoms with van der Waals surface area (Å²) in [5, 5.41) is 16.7. The van der Waals surface area contributed by atoms with E-state index in [-0.39, 0.29) is 29.8 Å². The molecular weight excluding hydrogens is 348 g/mol. The highest BCUT2D eigenvalue weighted by molar-refractivity contribution is 5.91. The van der Waals surface area contributed by atoms with E-state index < -0.39 is 0 Å². The Hall–Kier alpha value is -2.84. The summed E-state index contributed by atoms with van der Waals surface area (Å²) < 4.78 is 5.05. The van der Waals surface area contributed by atoms with Crippen LogP contribution in [-0.2, 0) is 16.0 Å². The monoisotopic (exact) mass is 372 g/mol. The highest BCUT2D eigenvalue weighted by Gasteiger charge is 2.40. The van der Waals surface area contributed by atoms with Crippen molar-refractivity contribution in [1.29, 1.82) is 0 Å². The molecule has 1 atom stereocenters. The van der Waals surface area contributed by atoms with Crippen molar-refractivity contribution in [3.8, 4) is 0 Å². The zero-order valence-corrected chi connectivity index (χ0v) is 15.5. The highest BCUT2D eigenvalue weighted by Crippen LogP contribution is 2.35. The van der Waals surface area contributed by atoms with Gasteiger partial charge in [0.15, 0.2) is 5.82 Å². The number of aryl methyl sites for hydroxylation is 1. The van der Waals surface area contributed by atoms with Gasteiger partial charge in [0.2, 0.25) is 11.8 Å². The third-order valence-corrected chi connectivity index (χ3v) is 5.15. The maximum atomic E-state index is 12.2. The number of aromatic nitrogens is 3. The number of anilines is 2. The lowest BCUT2D eigenvalue weighted by atomic mass is 9.99. The van der Waals surface area contributed by atoms with Gasteiger partial charge >= 0.3 is 0 Å². The summed E-state index contributed by atoms with van der Waals surface area (Å²) in [6.45, 7) is 4.73. The molecule has 2 aromatic rings. The molecule has 0 bridgehead atoms. The predicted molar refractivity (Wildman–Crippen MR) is 98.3 cm³/mol. The fourth-order valence-electron chi connectivity index (χ4n) is 3.24. The van der Waals surface area contributed by atoms with Crippen LogP contribution in [0.5, 0.6) is 0 Å². The Labute approximate surface area is 156 Å². The van der Waals surface area contributed by atoms with E-state index in [2.05, 4.69) is 37.8 Å². The van der Waals surface area contributed by atoms with E-state index in [9.17, 15) is 9.59 Å². The molecule has 1 aliphatic heterocycles. The molecule has 0 unspecified atom stereocenters. The minimum absolute atomic E-state index is 0.0114. The first-order valence-electron chi connectivity index (χ1n) is 9.25. The van der Waals surface area contributed by atoms with E-state index >= 15 is 0 Å². The number of carbonyl (C=O) groups excluding carboxylic acids is 2. The number of hydrogen-bond donors (Lipinski definition) is 3. The Morgan fingerprint density at radius 1 is 1.37 bits per heavy atom. The number of nitrogens with zero attached hydrogens (tertiary/aromatic N) is 3. The molecule has 0 aromatic carbocycles. The normalized spacial score (nSPS) is 20.1. The van der Waals surface area contributed by atoms with Gasteiger partial charge in [-0.25, -0.2) is 0 Å². The quantitative estimate of drug-likeness (QED) is 0.679. The van der Waals surface area contributed by atoms with Crippen molar-refractivity contribution in [2.75, 3.05) is 16.8 Å². The average Bonchev–Trinajstić information content (AvgIpc) is 2.93. The average molecular weight is 372 g/mol. The van der Waals surface area contributed by atoms with Crippen LogP contribution in [0.15, 0.2) is 16.7 Å². The first-order chi connectivity index (χ1) is 12.9. The number of nitrogens with one attached hydrogen (secondary N) is 3. The van der Waals surface area contributed by atoms with Gasteiger partial charge in [-0.3, -0.25) is 14.7 Å². The molecule has 3 N–H and O–H groups in total. The Morgan fingerprint density at radius 2 is 2.19 bits per heavy atom. The Bertz CT molecular complexity index is 853. The van der Waals surface area contributed by atoms with Crippen LogP contribution in [-0.4, -0.2) is 45.3 Å². The Balaban J connectivity index is 1.29. The molecule has 2 fully saturated rings. The lowest BCUT2D eigenvalue weighted by Gasteiger charge is -2.41. The summed E-state index contributed by atoms with van der Waals surface area (Å²) in [5.74, 6) is 1.66. The lowest BCUT2D eigenvalue weighted by molar-refractivity contribution is -0.122. The standard InChI is InChI=1S/C18H24N6O3/c1-11-7-13(27-23-11)9-16(25)19-14-10-15(22-21-14)24-6-3-12(24)8-17(26)20-18(2)4-5-18/h7,10,12H,3-6,8-9H2,1-2H3,(H,20,26)(H2,19,21,22,25)/t12-/m0/s1. The minimum atomic E-state index is -0.210. The van der Waals surface area contributed by atoms with Gasteiger partial charge in [0.05, 0.1) is 12.1 Å². The van der Waals surface area contributed by atoms with Crippen LogP contribution < -0.4 is 15.5 Å². The summed E-state index contributed by atoms with van der Waals surface area (Å²) >= 11 is 0. The SMILES string of the molecule is Cc1cc(CC(=O)Nc2cc(N3CC[C@H]3CC(=O)NC3(C)CC3)n[nH]2)on1. The molecule has 1 saturated carbocycles. The first-order valence-corrected chi connectivity index (χ1v) is 9.25. The van der Waals surface area contributed by atoms with Gasteiger partial charge in [0.25, 0.3) is 0 Å². The number of aromatic amines is 1. The lowest BCUT2D eigenvalue weighted by Crippen LogP contribution is -2.51. The molecule has 2 amide bonds. The van der Waals surface area contributed by atoms with Crippen molar-refractivity contribution < 1.29 is 14.1 Å². The molecule has 2 aliphatic rings. The molecule has 27 heavy (non-hydrogen) atoms. The van der Waals surface area contributed by atoms with E-state index in [0.717, 1.165) is 37.3 Å². The first kappa shape index (κ1) is 17.6. The van der Waals surface area contributed by atoms with Crippen molar-refractivity contribution >= 4 is 23.5 Å². The molecule has 144 valence electrons. The van der Waals surface area contributed by atoms with Crippen molar-refractivity contribution in [2.24, 2.45) is 0 Å². The summed E-state index contributed by atoms with van der Waals surface area (Å²) in [4.78, 5) is 26.3. The molecular formula is C18H24N6O3. The Morgan fingerprint density at radius 3 is 2.81 bits per heavy atom. The van der Waals surface area contributed by atoms with Gasteiger partial charge in [-0.1, -0.05) is 5.16 Å². The van der Waals surface area contributed by atoms with Gasteiger partial charge in [0, 0.05) is 36.7 Å². The molecule has 2 aromatic heterocycles. The maximum Gasteiger partial charge on any atom is 0.233 e. The molecule has 9 nitrogen and oxygen atoms in total. The molecule has 0 radical (unpaired) electrons. The zero-order valence-electron chi connectivity index (χ0n) is 15.5. The zero-order chi connectivity index (χ0) is 19.0. The predicted octanol–water partition coefficient (Wildman–Crippen LogP) is 1.52. The summed E-state index contributed by atoms with van der Waals surface area (Å²) in [5.41, 5.74) is 0.752. The molecule has 0 spiro atoms. The number of H-pyrrole nitrogens is 1. The summed E-state index contributed by atoms with van der Waals surface area (Å²) in [6.07, 6.45) is 3.66. The number of amides is 2. The van der Waals surface area contributed by atoms with E-state index in [1.54, 1.807) is 19.1 Å². The van der Waals surface area contributed by atoms with Gasteiger partial charge in [-0.15, -0.1) is 0 Å². The van der Waals surface area contributed by atoms with Crippen LogP contribution in [0.3, 0.4) is 0 Å². The van der Waals surface area contributed by atoms with Crippen molar-refractivity contribution in [3.05, 3.63) is 23.6 Å². The van der Waals surface area contributed by atoms with E-state index in [1.807, 2.05) is 0 Å². The number of hydrogen-bond acceptors (Lipinski definition) is 6. The number of rotatable bonds is 7. The molecule has 4 rings (SSSR count). The molecule has 1 aliphatic carbocycles. The van der Waals surface area contributed by atoms with Gasteiger partial charge < -0.3 is 20.1 Å². The van der Waals surface area contributed by atoms with Crippen LogP contribution in [0.2, 0.25) is 0 Å². The summed E-state index contributed by atoms with van der Waals surface area (Å²) in [6, 6.07) is 3.67. The van der Waals surface area contributed by atoms with Crippen LogP contribution >= 0.6 is 0 Å². The highest BCUT2D eigenvalue weighted by atomic mass is 16.5. The molecule has 9 heteroatoms. The maximum absolute atomic E-state index is 12.2. The van der Waals surface area contributed by atoms with Gasteiger partial charge in [-0.2, -0.15) is 5.10 Å². The second-order valence-corrected chi connectivity index (χ2v) is 7.75.